The lowest BCUT2D eigenvalue weighted by atomic mass is 10.2. The van der Waals surface area contributed by atoms with Gasteiger partial charge in [0.1, 0.15) is 0 Å². The van der Waals surface area contributed by atoms with E-state index in [2.05, 4.69) is 0 Å². The third kappa shape index (κ3) is 2.14. The summed E-state index contributed by atoms with van der Waals surface area (Å²) in [4.78, 5) is 25.0. The molecule has 6 nitrogen and oxygen atoms in total. The van der Waals surface area contributed by atoms with Crippen LogP contribution >= 0.6 is 0 Å². The van der Waals surface area contributed by atoms with Gasteiger partial charge >= 0.3 is 6.03 Å². The van der Waals surface area contributed by atoms with Crippen molar-refractivity contribution in [2.75, 3.05) is 26.2 Å². The van der Waals surface area contributed by atoms with Crippen LogP contribution in [-0.2, 0) is 4.79 Å². The van der Waals surface area contributed by atoms with E-state index >= 15 is 0 Å². The molecule has 0 aromatic carbocycles. The van der Waals surface area contributed by atoms with Gasteiger partial charge in [-0.2, -0.15) is 0 Å². The van der Waals surface area contributed by atoms with Crippen molar-refractivity contribution in [1.29, 1.82) is 0 Å². The van der Waals surface area contributed by atoms with Gasteiger partial charge < -0.3 is 20.6 Å². The Morgan fingerprint density at radius 3 is 2.57 bits per heavy atom. The average Bonchev–Trinajstić information content (AvgIpc) is 2.16. The van der Waals surface area contributed by atoms with Gasteiger partial charge in [-0.05, 0) is 0 Å². The van der Waals surface area contributed by atoms with Crippen LogP contribution in [0.4, 0.5) is 4.79 Å². The summed E-state index contributed by atoms with van der Waals surface area (Å²) < 4.78 is 0. The summed E-state index contributed by atoms with van der Waals surface area (Å²) in [6, 6.07) is -0.833. The molecule has 1 unspecified atom stereocenters. The minimum Gasteiger partial charge on any atom is -0.394 e. The number of rotatable bonds is 1. The monoisotopic (exact) mass is 201 g/mol. The summed E-state index contributed by atoms with van der Waals surface area (Å²) in [5.41, 5.74) is 5.11. The number of carbonyl (C=O) groups excluding carboxylic acids is 2. The Hall–Kier alpha value is -1.30. The molecule has 1 saturated heterocycles. The largest absolute Gasteiger partial charge is 0.394 e. The number of piperazine rings is 1. The van der Waals surface area contributed by atoms with Crippen molar-refractivity contribution in [2.45, 2.75) is 13.0 Å². The van der Waals surface area contributed by atoms with E-state index in [-0.39, 0.29) is 18.6 Å². The Balaban J connectivity index is 2.63. The molecule has 1 atom stereocenters. The molecule has 14 heavy (non-hydrogen) atoms. The van der Waals surface area contributed by atoms with Crippen molar-refractivity contribution in [2.24, 2.45) is 5.73 Å². The van der Waals surface area contributed by atoms with E-state index in [0.717, 1.165) is 0 Å². The first-order valence-electron chi connectivity index (χ1n) is 4.48. The smallest absolute Gasteiger partial charge is 0.314 e. The molecule has 1 rings (SSSR count). The molecular weight excluding hydrogens is 186 g/mol. The van der Waals surface area contributed by atoms with Crippen LogP contribution in [0.3, 0.4) is 0 Å². The zero-order valence-corrected chi connectivity index (χ0v) is 8.14. The number of hydrogen-bond donors (Lipinski definition) is 2. The van der Waals surface area contributed by atoms with E-state index in [1.807, 2.05) is 0 Å². The molecule has 0 spiro atoms. The molecule has 0 saturated carbocycles. The Labute approximate surface area is 82.3 Å². The highest BCUT2D eigenvalue weighted by molar-refractivity contribution is 5.75. The lowest BCUT2D eigenvalue weighted by molar-refractivity contribution is -0.134. The molecule has 80 valence electrons. The number of nitrogens with two attached hydrogens (primary N) is 1. The maximum atomic E-state index is 11.1. The van der Waals surface area contributed by atoms with E-state index < -0.39 is 6.03 Å². The van der Waals surface area contributed by atoms with Gasteiger partial charge in [0, 0.05) is 26.6 Å². The molecule has 1 aliphatic heterocycles. The molecule has 1 heterocycles. The summed E-state index contributed by atoms with van der Waals surface area (Å²) in [6.45, 7) is 2.48. The molecule has 0 bridgehead atoms. The first kappa shape index (κ1) is 10.8. The molecule has 0 radical (unpaired) electrons. The maximum Gasteiger partial charge on any atom is 0.314 e. The van der Waals surface area contributed by atoms with Gasteiger partial charge in [0.05, 0.1) is 12.6 Å². The normalized spacial score (nSPS) is 22.3. The summed E-state index contributed by atoms with van der Waals surface area (Å²) in [5, 5.41) is 9.04. The van der Waals surface area contributed by atoms with E-state index in [1.54, 1.807) is 4.90 Å². The maximum absolute atomic E-state index is 11.1. The zero-order chi connectivity index (χ0) is 10.7. The summed E-state index contributed by atoms with van der Waals surface area (Å²) in [7, 11) is 0. The van der Waals surface area contributed by atoms with Crippen LogP contribution in [0.1, 0.15) is 6.92 Å². The van der Waals surface area contributed by atoms with E-state index in [9.17, 15) is 9.59 Å². The topological polar surface area (TPSA) is 86.9 Å². The lowest BCUT2D eigenvalue weighted by Crippen LogP contribution is -2.58. The SMILES string of the molecule is CC(=O)N1CCN(C(N)=O)CC1CO. The standard InChI is InChI=1S/C8H15N3O3/c1-6(13)11-3-2-10(8(9)14)4-7(11)5-12/h7,12H,2-5H2,1H3,(H2,9,14). The molecule has 0 aliphatic carbocycles. The van der Waals surface area contributed by atoms with Gasteiger partial charge in [0.15, 0.2) is 0 Å². The first-order chi connectivity index (χ1) is 6.56. The molecular formula is C8H15N3O3. The molecule has 0 aromatic heterocycles. The average molecular weight is 201 g/mol. The zero-order valence-electron chi connectivity index (χ0n) is 8.14. The van der Waals surface area contributed by atoms with Crippen LogP contribution in [0, 0.1) is 0 Å². The second kappa shape index (κ2) is 4.28. The number of nitrogens with zero attached hydrogens (tertiary/aromatic N) is 2. The fourth-order valence-electron chi connectivity index (χ4n) is 1.63. The van der Waals surface area contributed by atoms with Crippen molar-refractivity contribution in [1.82, 2.24) is 9.80 Å². The predicted molar refractivity (Wildman–Crippen MR) is 49.4 cm³/mol. The fourth-order valence-corrected chi connectivity index (χ4v) is 1.63. The highest BCUT2D eigenvalue weighted by atomic mass is 16.3. The van der Waals surface area contributed by atoms with Gasteiger partial charge in [-0.15, -0.1) is 0 Å². The molecule has 1 aliphatic rings. The van der Waals surface area contributed by atoms with Gasteiger partial charge in [-0.3, -0.25) is 4.79 Å². The van der Waals surface area contributed by atoms with Crippen molar-refractivity contribution in [3.8, 4) is 0 Å². The van der Waals surface area contributed by atoms with Crippen LogP contribution in [0.2, 0.25) is 0 Å². The molecule has 0 aromatic rings. The number of aliphatic hydroxyl groups is 1. The van der Waals surface area contributed by atoms with Crippen LogP contribution in [0.25, 0.3) is 0 Å². The summed E-state index contributed by atoms with van der Waals surface area (Å²) in [6.07, 6.45) is 0. The van der Waals surface area contributed by atoms with Gasteiger partial charge in [-0.25, -0.2) is 4.79 Å². The second-order valence-corrected chi connectivity index (χ2v) is 3.33. The highest BCUT2D eigenvalue weighted by Gasteiger charge is 2.29. The van der Waals surface area contributed by atoms with Crippen molar-refractivity contribution >= 4 is 11.9 Å². The Bertz CT molecular complexity index is 244. The minimum atomic E-state index is -0.508. The Morgan fingerprint density at radius 1 is 1.50 bits per heavy atom. The Morgan fingerprint density at radius 2 is 2.14 bits per heavy atom. The molecule has 3 N–H and O–H groups in total. The summed E-state index contributed by atoms with van der Waals surface area (Å²) in [5.74, 6) is -0.0897. The van der Waals surface area contributed by atoms with Crippen LogP contribution in [-0.4, -0.2) is 59.1 Å². The van der Waals surface area contributed by atoms with E-state index in [4.69, 9.17) is 10.8 Å². The van der Waals surface area contributed by atoms with Crippen LogP contribution in [0.15, 0.2) is 0 Å². The highest BCUT2D eigenvalue weighted by Crippen LogP contribution is 2.09. The van der Waals surface area contributed by atoms with Crippen molar-refractivity contribution < 1.29 is 14.7 Å². The lowest BCUT2D eigenvalue weighted by Gasteiger charge is -2.39. The predicted octanol–water partition coefficient (Wildman–Crippen LogP) is -1.41. The Kier molecular flexibility index (Phi) is 3.29. The van der Waals surface area contributed by atoms with Crippen molar-refractivity contribution in [3.05, 3.63) is 0 Å². The van der Waals surface area contributed by atoms with E-state index in [0.29, 0.717) is 19.6 Å². The summed E-state index contributed by atoms with van der Waals surface area (Å²) >= 11 is 0. The number of hydrogen-bond acceptors (Lipinski definition) is 3. The first-order valence-corrected chi connectivity index (χ1v) is 4.48. The molecule has 3 amide bonds. The van der Waals surface area contributed by atoms with Crippen LogP contribution in [0.5, 0.6) is 0 Å². The van der Waals surface area contributed by atoms with Crippen molar-refractivity contribution in [3.63, 3.8) is 0 Å². The number of urea groups is 1. The third-order valence-corrected chi connectivity index (χ3v) is 2.41. The minimum absolute atomic E-state index is 0.0897. The molecule has 6 heteroatoms. The second-order valence-electron chi connectivity index (χ2n) is 3.33. The quantitative estimate of drug-likeness (QED) is 0.546. The molecule has 1 fully saturated rings. The number of aliphatic hydroxyl groups excluding tert-OH is 1. The fraction of sp³-hybridized carbons (Fsp3) is 0.750. The number of amides is 3. The third-order valence-electron chi connectivity index (χ3n) is 2.41. The van der Waals surface area contributed by atoms with Crippen LogP contribution < -0.4 is 5.73 Å². The number of carbonyl (C=O) groups is 2. The van der Waals surface area contributed by atoms with Gasteiger partial charge in [0.25, 0.3) is 0 Å². The van der Waals surface area contributed by atoms with Gasteiger partial charge in [-0.1, -0.05) is 0 Å². The number of primary amides is 1. The van der Waals surface area contributed by atoms with E-state index in [1.165, 1.54) is 11.8 Å². The van der Waals surface area contributed by atoms with Gasteiger partial charge in [0.2, 0.25) is 5.91 Å².